The largest absolute Gasteiger partial charge is 0.297 e. The van der Waals surface area contributed by atoms with E-state index in [1.54, 1.807) is 16.7 Å². The van der Waals surface area contributed by atoms with Crippen LogP contribution in [-0.4, -0.2) is 37.2 Å². The second kappa shape index (κ2) is 6.44. The van der Waals surface area contributed by atoms with Crippen molar-refractivity contribution in [3.05, 3.63) is 64.0 Å². The molecule has 0 unspecified atom stereocenters. The van der Waals surface area contributed by atoms with E-state index in [4.69, 9.17) is 4.98 Å². The average molecular weight is 337 g/mol. The molecule has 25 heavy (non-hydrogen) atoms. The fourth-order valence-corrected chi connectivity index (χ4v) is 3.69. The number of nitrogens with zero attached hydrogens (tertiary/aromatic N) is 5. The minimum Gasteiger partial charge on any atom is -0.297 e. The summed E-state index contributed by atoms with van der Waals surface area (Å²) < 4.78 is 3.49. The molecule has 0 aromatic carbocycles. The minimum atomic E-state index is -0.00561. The molecular formula is C19H23N5O. The van der Waals surface area contributed by atoms with E-state index in [9.17, 15) is 4.79 Å². The third kappa shape index (κ3) is 3.22. The Kier molecular flexibility index (Phi) is 4.13. The quantitative estimate of drug-likeness (QED) is 0.735. The number of hydrogen-bond donors (Lipinski definition) is 0. The van der Waals surface area contributed by atoms with Crippen molar-refractivity contribution >= 4 is 5.65 Å². The maximum absolute atomic E-state index is 12.3. The van der Waals surface area contributed by atoms with Gasteiger partial charge in [0, 0.05) is 32.1 Å². The Hall–Kier alpha value is -2.47. The molecule has 4 heterocycles. The van der Waals surface area contributed by atoms with Crippen LogP contribution in [0.2, 0.25) is 0 Å². The molecule has 0 amide bonds. The number of hydrogen-bond acceptors (Lipinski definition) is 4. The molecule has 4 rings (SSSR count). The van der Waals surface area contributed by atoms with Crippen molar-refractivity contribution in [2.45, 2.75) is 32.2 Å². The van der Waals surface area contributed by atoms with Crippen LogP contribution >= 0.6 is 0 Å². The van der Waals surface area contributed by atoms with Crippen LogP contribution in [-0.2, 0) is 13.6 Å². The number of rotatable bonds is 3. The van der Waals surface area contributed by atoms with Gasteiger partial charge in [0.1, 0.15) is 5.65 Å². The summed E-state index contributed by atoms with van der Waals surface area (Å²) in [4.78, 5) is 19.4. The van der Waals surface area contributed by atoms with Crippen molar-refractivity contribution < 1.29 is 0 Å². The van der Waals surface area contributed by atoms with Gasteiger partial charge >= 0.3 is 0 Å². The molecule has 130 valence electrons. The second-order valence-corrected chi connectivity index (χ2v) is 6.97. The molecule has 0 atom stereocenters. The van der Waals surface area contributed by atoms with Gasteiger partial charge in [0.15, 0.2) is 0 Å². The molecule has 1 saturated heterocycles. The molecular weight excluding hydrogens is 314 g/mol. The summed E-state index contributed by atoms with van der Waals surface area (Å²) in [6, 6.07) is 5.54. The lowest BCUT2D eigenvalue weighted by Gasteiger charge is -2.31. The van der Waals surface area contributed by atoms with Gasteiger partial charge in [-0.1, -0.05) is 6.07 Å². The molecule has 0 spiro atoms. The van der Waals surface area contributed by atoms with Crippen LogP contribution in [0.25, 0.3) is 5.65 Å². The first-order valence-corrected chi connectivity index (χ1v) is 8.79. The summed E-state index contributed by atoms with van der Waals surface area (Å²) in [5.74, 6) is 0.586. The standard InChI is InChI=1S/C19H23N5O/c1-14-4-3-7-24-18(25)10-17(21-19(14)24)13-23-8-5-15(6-9-23)16-11-20-22(2)12-16/h3-4,7,10-12,15H,5-6,8-9,13H2,1-2H3. The zero-order valence-corrected chi connectivity index (χ0v) is 14.7. The molecule has 1 aliphatic rings. The SMILES string of the molecule is Cc1cccn2c(=O)cc(CN3CCC(c4cnn(C)c4)CC3)nc12. The van der Waals surface area contributed by atoms with Gasteiger partial charge in [0.05, 0.1) is 11.9 Å². The van der Waals surface area contributed by atoms with Gasteiger partial charge < -0.3 is 0 Å². The zero-order chi connectivity index (χ0) is 17.4. The van der Waals surface area contributed by atoms with E-state index < -0.39 is 0 Å². The van der Waals surface area contributed by atoms with Gasteiger partial charge in [-0.25, -0.2) is 4.98 Å². The van der Waals surface area contributed by atoms with Crippen molar-refractivity contribution in [3.63, 3.8) is 0 Å². The van der Waals surface area contributed by atoms with Crippen LogP contribution in [0.1, 0.15) is 35.6 Å². The monoisotopic (exact) mass is 337 g/mol. The average Bonchev–Trinajstić information content (AvgIpc) is 3.03. The lowest BCUT2D eigenvalue weighted by molar-refractivity contribution is 0.202. The maximum atomic E-state index is 12.3. The number of likely N-dealkylation sites (tertiary alicyclic amines) is 1. The molecule has 3 aromatic rings. The van der Waals surface area contributed by atoms with E-state index in [1.165, 1.54) is 5.56 Å². The van der Waals surface area contributed by atoms with Gasteiger partial charge in [0.25, 0.3) is 5.56 Å². The summed E-state index contributed by atoms with van der Waals surface area (Å²) in [7, 11) is 1.96. The molecule has 1 aliphatic heterocycles. The highest BCUT2D eigenvalue weighted by molar-refractivity contribution is 5.46. The summed E-state index contributed by atoms with van der Waals surface area (Å²) in [6.07, 6.45) is 8.12. The van der Waals surface area contributed by atoms with Gasteiger partial charge in [-0.2, -0.15) is 5.10 Å². The van der Waals surface area contributed by atoms with Crippen LogP contribution in [0, 0.1) is 6.92 Å². The Morgan fingerprint density at radius 2 is 2.08 bits per heavy atom. The van der Waals surface area contributed by atoms with Crippen molar-refractivity contribution in [3.8, 4) is 0 Å². The Bertz CT molecular complexity index is 950. The fraction of sp³-hybridized carbons (Fsp3) is 0.421. The third-order valence-electron chi connectivity index (χ3n) is 5.11. The van der Waals surface area contributed by atoms with E-state index in [-0.39, 0.29) is 5.56 Å². The normalized spacial score (nSPS) is 16.6. The number of pyridine rings is 1. The highest BCUT2D eigenvalue weighted by Crippen LogP contribution is 2.28. The lowest BCUT2D eigenvalue weighted by Crippen LogP contribution is -2.33. The fourth-order valence-electron chi connectivity index (χ4n) is 3.69. The predicted molar refractivity (Wildman–Crippen MR) is 96.7 cm³/mol. The van der Waals surface area contributed by atoms with Crippen molar-refractivity contribution in [1.82, 2.24) is 24.1 Å². The topological polar surface area (TPSA) is 55.4 Å². The van der Waals surface area contributed by atoms with E-state index in [1.807, 2.05) is 37.0 Å². The van der Waals surface area contributed by atoms with Crippen LogP contribution < -0.4 is 5.56 Å². The minimum absolute atomic E-state index is 0.00561. The first-order valence-electron chi connectivity index (χ1n) is 8.79. The first kappa shape index (κ1) is 16.0. The first-order chi connectivity index (χ1) is 12.1. The zero-order valence-electron chi connectivity index (χ0n) is 14.7. The molecule has 0 saturated carbocycles. The second-order valence-electron chi connectivity index (χ2n) is 6.97. The number of aryl methyl sites for hydroxylation is 2. The van der Waals surface area contributed by atoms with Crippen LogP contribution in [0.4, 0.5) is 0 Å². The highest BCUT2D eigenvalue weighted by Gasteiger charge is 2.22. The molecule has 1 fully saturated rings. The van der Waals surface area contributed by atoms with Crippen molar-refractivity contribution in [2.24, 2.45) is 7.05 Å². The summed E-state index contributed by atoms with van der Waals surface area (Å²) >= 11 is 0. The number of piperidine rings is 1. The van der Waals surface area contributed by atoms with Gasteiger partial charge in [-0.3, -0.25) is 18.8 Å². The number of aromatic nitrogens is 4. The Balaban J connectivity index is 1.47. The molecule has 3 aromatic heterocycles. The summed E-state index contributed by atoms with van der Waals surface area (Å²) in [5.41, 5.74) is 3.97. The van der Waals surface area contributed by atoms with Crippen LogP contribution in [0.15, 0.2) is 41.6 Å². The molecule has 0 aliphatic carbocycles. The van der Waals surface area contributed by atoms with Gasteiger partial charge in [0.2, 0.25) is 0 Å². The summed E-state index contributed by atoms with van der Waals surface area (Å²) in [6.45, 7) is 4.77. The van der Waals surface area contributed by atoms with Gasteiger partial charge in [-0.15, -0.1) is 0 Å². The molecule has 6 heteroatoms. The Labute approximate surface area is 146 Å². The molecule has 6 nitrogen and oxygen atoms in total. The van der Waals surface area contributed by atoms with Gasteiger partial charge in [-0.05, 0) is 56.0 Å². The molecule has 0 bridgehead atoms. The highest BCUT2D eigenvalue weighted by atomic mass is 16.1. The predicted octanol–water partition coefficient (Wildman–Crippen LogP) is 2.12. The van der Waals surface area contributed by atoms with E-state index in [0.29, 0.717) is 5.92 Å². The maximum Gasteiger partial charge on any atom is 0.258 e. The van der Waals surface area contributed by atoms with E-state index in [0.717, 1.165) is 49.4 Å². The summed E-state index contributed by atoms with van der Waals surface area (Å²) in [5, 5.41) is 4.28. The molecule has 0 radical (unpaired) electrons. The number of fused-ring (bicyclic) bond motifs is 1. The van der Waals surface area contributed by atoms with E-state index >= 15 is 0 Å². The lowest BCUT2D eigenvalue weighted by atomic mass is 9.91. The smallest absolute Gasteiger partial charge is 0.258 e. The molecule has 0 N–H and O–H groups in total. The van der Waals surface area contributed by atoms with Crippen LogP contribution in [0.3, 0.4) is 0 Å². The van der Waals surface area contributed by atoms with Crippen LogP contribution in [0.5, 0.6) is 0 Å². The Morgan fingerprint density at radius 1 is 1.28 bits per heavy atom. The third-order valence-corrected chi connectivity index (χ3v) is 5.11. The van der Waals surface area contributed by atoms with E-state index in [2.05, 4.69) is 16.2 Å². The van der Waals surface area contributed by atoms with Crippen molar-refractivity contribution in [2.75, 3.05) is 13.1 Å². The van der Waals surface area contributed by atoms with Crippen molar-refractivity contribution in [1.29, 1.82) is 0 Å². The Morgan fingerprint density at radius 3 is 2.80 bits per heavy atom.